The van der Waals surface area contributed by atoms with E-state index in [4.69, 9.17) is 0 Å². The molecule has 0 unspecified atom stereocenters. The van der Waals surface area contributed by atoms with E-state index in [1.54, 1.807) is 11.3 Å². The van der Waals surface area contributed by atoms with Gasteiger partial charge in [0.15, 0.2) is 0 Å². The van der Waals surface area contributed by atoms with Gasteiger partial charge in [0.25, 0.3) is 0 Å². The maximum Gasteiger partial charge on any atom is 0.202 e. The summed E-state index contributed by atoms with van der Waals surface area (Å²) in [7, 11) is 0. The Morgan fingerprint density at radius 1 is 1.29 bits per heavy atom. The molecule has 0 aromatic carbocycles. The van der Waals surface area contributed by atoms with Crippen molar-refractivity contribution in [1.29, 1.82) is 0 Å². The molecule has 0 saturated heterocycles. The summed E-state index contributed by atoms with van der Waals surface area (Å²) in [4.78, 5) is 8.87. The van der Waals surface area contributed by atoms with E-state index in [1.807, 2.05) is 6.92 Å². The molecule has 17 heavy (non-hydrogen) atoms. The number of hydrogen-bond acceptors (Lipinski definition) is 6. The molecule has 0 radical (unpaired) electrons. The first-order valence-electron chi connectivity index (χ1n) is 5.44. The second-order valence-corrected chi connectivity index (χ2v) is 6.70. The van der Waals surface area contributed by atoms with Crippen molar-refractivity contribution in [2.45, 2.75) is 39.7 Å². The number of aryl methyl sites for hydroxylation is 1. The lowest BCUT2D eigenvalue weighted by Crippen LogP contribution is -2.13. The van der Waals surface area contributed by atoms with Crippen LogP contribution in [0.5, 0.6) is 0 Å². The first-order valence-corrected chi connectivity index (χ1v) is 7.09. The average Bonchev–Trinajstić information content (AvgIpc) is 2.82. The fourth-order valence-electron chi connectivity index (χ4n) is 1.26. The molecule has 2 heterocycles. The summed E-state index contributed by atoms with van der Waals surface area (Å²) >= 11 is 3.07. The van der Waals surface area contributed by atoms with Gasteiger partial charge in [0.05, 0.1) is 17.2 Å². The van der Waals surface area contributed by atoms with Crippen LogP contribution in [0.25, 0.3) is 0 Å². The van der Waals surface area contributed by atoms with Crippen LogP contribution in [0, 0.1) is 6.92 Å². The number of anilines is 1. The van der Waals surface area contributed by atoms with Gasteiger partial charge < -0.3 is 5.32 Å². The largest absolute Gasteiger partial charge is 0.355 e. The molecule has 6 heteroatoms. The minimum Gasteiger partial charge on any atom is -0.355 e. The van der Waals surface area contributed by atoms with Crippen molar-refractivity contribution in [3.8, 4) is 0 Å². The monoisotopic (exact) mass is 268 g/mol. The number of nitrogens with zero attached hydrogens (tertiary/aromatic N) is 3. The van der Waals surface area contributed by atoms with Gasteiger partial charge >= 0.3 is 0 Å². The molecule has 0 aliphatic carbocycles. The van der Waals surface area contributed by atoms with Crippen LogP contribution in [-0.2, 0) is 12.0 Å². The van der Waals surface area contributed by atoms with Crippen molar-refractivity contribution in [2.24, 2.45) is 0 Å². The highest BCUT2D eigenvalue weighted by Gasteiger charge is 2.19. The van der Waals surface area contributed by atoms with E-state index >= 15 is 0 Å². The zero-order valence-corrected chi connectivity index (χ0v) is 12.1. The van der Waals surface area contributed by atoms with E-state index in [0.29, 0.717) is 6.54 Å². The highest BCUT2D eigenvalue weighted by molar-refractivity contribution is 7.10. The SMILES string of the molecule is Cc1nc(CNc2nc(C(C)(C)C)ns2)cs1. The van der Waals surface area contributed by atoms with Crippen molar-refractivity contribution >= 4 is 28.0 Å². The van der Waals surface area contributed by atoms with E-state index in [1.165, 1.54) is 11.5 Å². The molecule has 0 bridgehead atoms. The van der Waals surface area contributed by atoms with Gasteiger partial charge in [-0.3, -0.25) is 0 Å². The molecule has 2 rings (SSSR count). The van der Waals surface area contributed by atoms with Crippen molar-refractivity contribution in [3.05, 3.63) is 21.9 Å². The predicted octanol–water partition coefficient (Wildman–Crippen LogP) is 3.21. The molecule has 0 atom stereocenters. The molecular formula is C11H16N4S2. The van der Waals surface area contributed by atoms with Gasteiger partial charge in [-0.2, -0.15) is 4.37 Å². The Balaban J connectivity index is 1.98. The smallest absolute Gasteiger partial charge is 0.202 e. The Labute approximate surface area is 109 Å². The Morgan fingerprint density at radius 2 is 2.06 bits per heavy atom. The van der Waals surface area contributed by atoms with Gasteiger partial charge in [-0.1, -0.05) is 20.8 Å². The van der Waals surface area contributed by atoms with Crippen molar-refractivity contribution in [2.75, 3.05) is 5.32 Å². The standard InChI is InChI=1S/C11H16N4S2/c1-7-13-8(6-16-7)5-12-10-14-9(15-17-10)11(2,3)4/h6H,5H2,1-4H3,(H,12,14,15). The van der Waals surface area contributed by atoms with Crippen LogP contribution < -0.4 is 5.32 Å². The third-order valence-electron chi connectivity index (χ3n) is 2.18. The minimum absolute atomic E-state index is 0.00759. The zero-order valence-electron chi connectivity index (χ0n) is 10.4. The first kappa shape index (κ1) is 12.4. The summed E-state index contributed by atoms with van der Waals surface area (Å²) in [5, 5.41) is 7.27. The molecule has 92 valence electrons. The second-order valence-electron chi connectivity index (χ2n) is 4.88. The fraction of sp³-hybridized carbons (Fsp3) is 0.545. The lowest BCUT2D eigenvalue weighted by atomic mass is 9.96. The van der Waals surface area contributed by atoms with Crippen molar-refractivity contribution < 1.29 is 0 Å². The number of hydrogen-bond donors (Lipinski definition) is 1. The van der Waals surface area contributed by atoms with E-state index in [9.17, 15) is 0 Å². The molecular weight excluding hydrogens is 252 g/mol. The molecule has 0 spiro atoms. The van der Waals surface area contributed by atoms with Gasteiger partial charge in [-0.15, -0.1) is 11.3 Å². The lowest BCUT2D eigenvalue weighted by Gasteiger charge is -2.12. The quantitative estimate of drug-likeness (QED) is 0.928. The van der Waals surface area contributed by atoms with Crippen molar-refractivity contribution in [3.63, 3.8) is 0 Å². The van der Waals surface area contributed by atoms with Crippen LogP contribution in [-0.4, -0.2) is 14.3 Å². The maximum absolute atomic E-state index is 4.48. The molecule has 0 aliphatic heterocycles. The fourth-order valence-corrected chi connectivity index (χ4v) is 2.62. The number of thiazole rings is 1. The van der Waals surface area contributed by atoms with Gasteiger partial charge in [0.1, 0.15) is 5.82 Å². The number of nitrogens with one attached hydrogen (secondary N) is 1. The van der Waals surface area contributed by atoms with Gasteiger partial charge in [-0.05, 0) is 6.92 Å². The highest BCUT2D eigenvalue weighted by atomic mass is 32.1. The van der Waals surface area contributed by atoms with Gasteiger partial charge in [-0.25, -0.2) is 9.97 Å². The lowest BCUT2D eigenvalue weighted by molar-refractivity contribution is 0.555. The summed E-state index contributed by atoms with van der Waals surface area (Å²) < 4.78 is 4.36. The predicted molar refractivity (Wildman–Crippen MR) is 72.8 cm³/mol. The van der Waals surface area contributed by atoms with Crippen LogP contribution in [0.3, 0.4) is 0 Å². The molecule has 0 aliphatic rings. The third kappa shape index (κ3) is 3.23. The molecule has 2 aromatic rings. The van der Waals surface area contributed by atoms with Crippen LogP contribution >= 0.6 is 22.9 Å². The summed E-state index contributed by atoms with van der Waals surface area (Å²) in [5.41, 5.74) is 1.06. The maximum atomic E-state index is 4.48. The molecule has 0 fully saturated rings. The molecule has 4 nitrogen and oxygen atoms in total. The van der Waals surface area contributed by atoms with E-state index < -0.39 is 0 Å². The van der Waals surface area contributed by atoms with E-state index in [-0.39, 0.29) is 5.41 Å². The Hall–Kier alpha value is -1.01. The van der Waals surface area contributed by atoms with Crippen LogP contribution in [0.2, 0.25) is 0 Å². The Bertz CT molecular complexity index is 496. The third-order valence-corrected chi connectivity index (χ3v) is 3.68. The van der Waals surface area contributed by atoms with E-state index in [0.717, 1.165) is 21.7 Å². The van der Waals surface area contributed by atoms with Crippen LogP contribution in [0.4, 0.5) is 5.13 Å². The summed E-state index contributed by atoms with van der Waals surface area (Å²) in [6.07, 6.45) is 0. The van der Waals surface area contributed by atoms with E-state index in [2.05, 4.69) is 45.8 Å². The second kappa shape index (κ2) is 4.70. The summed E-state index contributed by atoms with van der Waals surface area (Å²) in [5.74, 6) is 0.888. The number of aromatic nitrogens is 3. The molecule has 2 aromatic heterocycles. The molecule has 0 saturated carbocycles. The zero-order chi connectivity index (χ0) is 12.5. The highest BCUT2D eigenvalue weighted by Crippen LogP contribution is 2.23. The summed E-state index contributed by atoms with van der Waals surface area (Å²) in [6.45, 7) is 9.06. The Kier molecular flexibility index (Phi) is 3.44. The Morgan fingerprint density at radius 3 is 2.59 bits per heavy atom. The normalized spacial score (nSPS) is 11.8. The summed E-state index contributed by atoms with van der Waals surface area (Å²) in [6, 6.07) is 0. The minimum atomic E-state index is 0.00759. The average molecular weight is 268 g/mol. The van der Waals surface area contributed by atoms with Crippen LogP contribution in [0.15, 0.2) is 5.38 Å². The van der Waals surface area contributed by atoms with Gasteiger partial charge in [0, 0.05) is 22.3 Å². The van der Waals surface area contributed by atoms with Gasteiger partial charge in [0.2, 0.25) is 5.13 Å². The molecule has 0 amide bonds. The first-order chi connectivity index (χ1) is 7.95. The topological polar surface area (TPSA) is 50.7 Å². The van der Waals surface area contributed by atoms with Crippen LogP contribution in [0.1, 0.15) is 37.3 Å². The number of rotatable bonds is 3. The van der Waals surface area contributed by atoms with Crippen molar-refractivity contribution in [1.82, 2.24) is 14.3 Å². The molecule has 1 N–H and O–H groups in total.